The molecule has 0 aliphatic heterocycles. The van der Waals surface area contributed by atoms with Gasteiger partial charge in [0, 0.05) is 6.07 Å². The summed E-state index contributed by atoms with van der Waals surface area (Å²) in [6.07, 6.45) is 0. The van der Waals surface area contributed by atoms with Crippen molar-refractivity contribution in [3.05, 3.63) is 35.1 Å². The second-order valence-electron chi connectivity index (χ2n) is 1.58. The van der Waals surface area contributed by atoms with Crippen molar-refractivity contribution >= 4 is 5.69 Å². The zero-order chi connectivity index (χ0) is 6.69. The lowest BCUT2D eigenvalue weighted by molar-refractivity contribution is -0.00000269. The molecule has 0 atom stereocenters. The van der Waals surface area contributed by atoms with Crippen molar-refractivity contribution < 1.29 is 16.8 Å². The largest absolute Gasteiger partial charge is 1.00 e. The number of hydrogen-bond donors (Lipinski definition) is 0. The summed E-state index contributed by atoms with van der Waals surface area (Å²) < 4.78 is 12.2. The van der Waals surface area contributed by atoms with Crippen LogP contribution in [0.3, 0.4) is 0 Å². The molecular formula is C6H4ClFN2. The number of benzene rings is 1. The van der Waals surface area contributed by atoms with Crippen molar-refractivity contribution in [1.82, 2.24) is 0 Å². The van der Waals surface area contributed by atoms with E-state index in [9.17, 15) is 4.39 Å². The van der Waals surface area contributed by atoms with E-state index in [0.29, 0.717) is 0 Å². The molecule has 0 aliphatic rings. The monoisotopic (exact) mass is 158 g/mol. The van der Waals surface area contributed by atoms with Crippen LogP contribution in [0.15, 0.2) is 24.3 Å². The van der Waals surface area contributed by atoms with E-state index in [-0.39, 0.29) is 18.1 Å². The van der Waals surface area contributed by atoms with Gasteiger partial charge in [-0.1, -0.05) is 6.07 Å². The van der Waals surface area contributed by atoms with Crippen LogP contribution in [0.25, 0.3) is 4.98 Å². The SMILES string of the molecule is N#[N+]c1cccc(F)c1.[Cl-]. The molecule has 0 heterocycles. The minimum absolute atomic E-state index is 0. The molecule has 1 aromatic rings. The summed E-state index contributed by atoms with van der Waals surface area (Å²) >= 11 is 0. The van der Waals surface area contributed by atoms with Crippen LogP contribution in [-0.4, -0.2) is 0 Å². The van der Waals surface area contributed by atoms with Gasteiger partial charge >= 0.3 is 5.69 Å². The van der Waals surface area contributed by atoms with Crippen LogP contribution in [-0.2, 0) is 0 Å². The molecule has 0 unspecified atom stereocenters. The predicted molar refractivity (Wildman–Crippen MR) is 31.1 cm³/mol. The van der Waals surface area contributed by atoms with Crippen molar-refractivity contribution in [3.8, 4) is 0 Å². The highest BCUT2D eigenvalue weighted by Gasteiger charge is 2.02. The van der Waals surface area contributed by atoms with Crippen LogP contribution < -0.4 is 12.4 Å². The van der Waals surface area contributed by atoms with E-state index < -0.39 is 5.82 Å². The van der Waals surface area contributed by atoms with Gasteiger partial charge in [0.2, 0.25) is 5.39 Å². The van der Waals surface area contributed by atoms with Gasteiger partial charge in [-0.3, -0.25) is 0 Å². The second-order valence-corrected chi connectivity index (χ2v) is 1.58. The lowest BCUT2D eigenvalue weighted by atomic mass is 10.3. The summed E-state index contributed by atoms with van der Waals surface area (Å²) in [5, 5.41) is 8.12. The average Bonchev–Trinajstić information content (AvgIpc) is 1.88. The van der Waals surface area contributed by atoms with Gasteiger partial charge in [-0.15, -0.1) is 0 Å². The summed E-state index contributed by atoms with van der Waals surface area (Å²) in [6, 6.07) is 5.40. The first-order valence-corrected chi connectivity index (χ1v) is 2.43. The highest BCUT2D eigenvalue weighted by Crippen LogP contribution is 2.11. The zero-order valence-corrected chi connectivity index (χ0v) is 5.72. The minimum Gasteiger partial charge on any atom is -1.00 e. The van der Waals surface area contributed by atoms with E-state index in [1.54, 1.807) is 0 Å². The fourth-order valence-electron chi connectivity index (χ4n) is 0.538. The van der Waals surface area contributed by atoms with Crippen LogP contribution >= 0.6 is 0 Å². The normalized spacial score (nSPS) is 7.60. The standard InChI is InChI=1S/C6H4FN2.ClH/c7-5-2-1-3-6(4-5)9-8;/h1-4H;1H/q+1;/p-1. The van der Waals surface area contributed by atoms with Gasteiger partial charge in [0.25, 0.3) is 0 Å². The highest BCUT2D eigenvalue weighted by atomic mass is 35.5. The van der Waals surface area contributed by atoms with Gasteiger partial charge in [0.05, 0.1) is 6.07 Å². The van der Waals surface area contributed by atoms with Crippen LogP contribution in [0.1, 0.15) is 0 Å². The third-order valence-corrected chi connectivity index (χ3v) is 0.924. The van der Waals surface area contributed by atoms with Crippen LogP contribution in [0.5, 0.6) is 0 Å². The molecule has 0 amide bonds. The molecule has 4 heteroatoms. The van der Waals surface area contributed by atoms with Gasteiger partial charge < -0.3 is 12.4 Å². The molecule has 10 heavy (non-hydrogen) atoms. The lowest BCUT2D eigenvalue weighted by Crippen LogP contribution is -3.00. The highest BCUT2D eigenvalue weighted by molar-refractivity contribution is 5.42. The molecule has 0 spiro atoms. The van der Waals surface area contributed by atoms with Crippen LogP contribution in [0, 0.1) is 11.2 Å². The van der Waals surface area contributed by atoms with Crippen molar-refractivity contribution in [2.24, 2.45) is 0 Å². The Kier molecular flexibility index (Phi) is 3.37. The lowest BCUT2D eigenvalue weighted by Gasteiger charge is -1.77. The number of hydrogen-bond acceptors (Lipinski definition) is 1. The van der Waals surface area contributed by atoms with Gasteiger partial charge in [-0.25, -0.2) is 4.39 Å². The molecule has 0 bridgehead atoms. The zero-order valence-electron chi connectivity index (χ0n) is 4.96. The summed E-state index contributed by atoms with van der Waals surface area (Å²) in [6.45, 7) is 0. The summed E-state index contributed by atoms with van der Waals surface area (Å²) in [4.78, 5) is 2.79. The smallest absolute Gasteiger partial charge is 0.387 e. The fraction of sp³-hybridized carbons (Fsp3) is 0. The maximum atomic E-state index is 12.2. The molecule has 1 aromatic carbocycles. The Bertz CT molecular complexity index is 256. The molecule has 1 rings (SSSR count). The summed E-state index contributed by atoms with van der Waals surface area (Å²) in [5.41, 5.74) is 0.231. The van der Waals surface area contributed by atoms with E-state index in [0.717, 1.165) is 6.07 Å². The molecule has 52 valence electrons. The molecule has 0 aliphatic carbocycles. The van der Waals surface area contributed by atoms with Gasteiger partial charge in [0.1, 0.15) is 5.82 Å². The Morgan fingerprint density at radius 1 is 1.40 bits per heavy atom. The predicted octanol–water partition coefficient (Wildman–Crippen LogP) is -0.686. The minimum atomic E-state index is -0.398. The third-order valence-electron chi connectivity index (χ3n) is 0.924. The van der Waals surface area contributed by atoms with Crippen molar-refractivity contribution in [2.75, 3.05) is 0 Å². The first-order valence-electron chi connectivity index (χ1n) is 2.43. The Morgan fingerprint density at radius 2 is 2.10 bits per heavy atom. The first kappa shape index (κ1) is 8.86. The quantitative estimate of drug-likeness (QED) is 0.460. The topological polar surface area (TPSA) is 28.1 Å². The molecule has 0 aromatic heterocycles. The molecule has 0 saturated heterocycles. The van der Waals surface area contributed by atoms with E-state index in [2.05, 4.69) is 4.98 Å². The number of diazo groups is 1. The first-order chi connectivity index (χ1) is 4.33. The Balaban J connectivity index is 0.000000810. The summed E-state index contributed by atoms with van der Waals surface area (Å²) in [7, 11) is 0. The van der Waals surface area contributed by atoms with Crippen molar-refractivity contribution in [3.63, 3.8) is 0 Å². The maximum absolute atomic E-state index is 12.2. The molecular weight excluding hydrogens is 155 g/mol. The van der Waals surface area contributed by atoms with Crippen molar-refractivity contribution in [2.45, 2.75) is 0 Å². The van der Waals surface area contributed by atoms with Crippen molar-refractivity contribution in [1.29, 1.82) is 5.39 Å². The van der Waals surface area contributed by atoms with E-state index >= 15 is 0 Å². The van der Waals surface area contributed by atoms with Crippen LogP contribution in [0.2, 0.25) is 0 Å². The van der Waals surface area contributed by atoms with Crippen LogP contribution in [0.4, 0.5) is 10.1 Å². The Hall–Kier alpha value is -1.14. The molecule has 0 radical (unpaired) electrons. The average molecular weight is 159 g/mol. The Labute approximate surface area is 63.7 Å². The molecule has 0 fully saturated rings. The maximum Gasteiger partial charge on any atom is 0.387 e. The summed E-state index contributed by atoms with van der Waals surface area (Å²) in [5.74, 6) is -0.398. The molecule has 2 nitrogen and oxygen atoms in total. The fourth-order valence-corrected chi connectivity index (χ4v) is 0.538. The van der Waals surface area contributed by atoms with Gasteiger partial charge in [-0.2, -0.15) is 0 Å². The van der Waals surface area contributed by atoms with Gasteiger partial charge in [0.15, 0.2) is 4.98 Å². The number of halogens is 2. The Morgan fingerprint density at radius 3 is 2.50 bits per heavy atom. The molecule has 0 saturated carbocycles. The third kappa shape index (κ3) is 2.00. The number of rotatable bonds is 0. The number of nitrogens with zero attached hydrogens (tertiary/aromatic N) is 2. The van der Waals surface area contributed by atoms with E-state index in [4.69, 9.17) is 5.39 Å². The van der Waals surface area contributed by atoms with E-state index in [1.165, 1.54) is 18.2 Å². The second kappa shape index (κ2) is 3.80. The molecule has 0 N–H and O–H groups in total. The van der Waals surface area contributed by atoms with Gasteiger partial charge in [-0.05, 0) is 6.07 Å². The van der Waals surface area contributed by atoms with E-state index in [1.807, 2.05) is 0 Å².